The highest BCUT2D eigenvalue weighted by Crippen LogP contribution is 2.29. The van der Waals surface area contributed by atoms with E-state index in [2.05, 4.69) is 15.3 Å². The van der Waals surface area contributed by atoms with Crippen molar-refractivity contribution in [2.24, 2.45) is 0 Å². The summed E-state index contributed by atoms with van der Waals surface area (Å²) in [7, 11) is 0. The summed E-state index contributed by atoms with van der Waals surface area (Å²) in [6.45, 7) is 0. The Morgan fingerprint density at radius 1 is 1.44 bits per heavy atom. The maximum atomic E-state index is 11.9. The summed E-state index contributed by atoms with van der Waals surface area (Å²) in [4.78, 5) is 20.5. The van der Waals surface area contributed by atoms with Gasteiger partial charge in [0.2, 0.25) is 0 Å². The summed E-state index contributed by atoms with van der Waals surface area (Å²) in [5.74, 6) is -0.196. The van der Waals surface area contributed by atoms with Crippen LogP contribution in [0.4, 0.5) is 10.8 Å². The van der Waals surface area contributed by atoms with Gasteiger partial charge in [0.25, 0.3) is 5.91 Å². The number of nitrogens with one attached hydrogen (secondary N) is 2. The van der Waals surface area contributed by atoms with Crippen LogP contribution in [0, 0.1) is 0 Å². The van der Waals surface area contributed by atoms with Gasteiger partial charge in [0.1, 0.15) is 5.69 Å². The van der Waals surface area contributed by atoms with Crippen molar-refractivity contribution in [1.29, 1.82) is 0 Å². The summed E-state index contributed by atoms with van der Waals surface area (Å²) < 4.78 is 0. The van der Waals surface area contributed by atoms with Gasteiger partial charge in [-0.2, -0.15) is 0 Å². The number of rotatable bonds is 2. The van der Waals surface area contributed by atoms with Gasteiger partial charge in [-0.05, 0) is 31.7 Å². The molecular weight excluding hydrogens is 248 g/mol. The molecule has 4 N–H and O–H groups in total. The number of nitrogens with zero attached hydrogens (tertiary/aromatic N) is 1. The van der Waals surface area contributed by atoms with Crippen molar-refractivity contribution in [2.45, 2.75) is 25.7 Å². The van der Waals surface area contributed by atoms with Gasteiger partial charge in [0, 0.05) is 16.8 Å². The molecule has 0 saturated carbocycles. The number of hydrogen-bond acceptors (Lipinski definition) is 4. The first-order chi connectivity index (χ1) is 8.72. The minimum absolute atomic E-state index is 0.196. The maximum absolute atomic E-state index is 11.9. The molecule has 2 aromatic heterocycles. The van der Waals surface area contributed by atoms with Crippen molar-refractivity contribution in [2.75, 3.05) is 11.1 Å². The van der Waals surface area contributed by atoms with Crippen LogP contribution in [0.15, 0.2) is 12.3 Å². The van der Waals surface area contributed by atoms with Gasteiger partial charge >= 0.3 is 0 Å². The predicted octanol–water partition coefficient (Wildman–Crippen LogP) is 2.18. The molecule has 0 aromatic carbocycles. The van der Waals surface area contributed by atoms with Gasteiger partial charge in [-0.25, -0.2) is 4.98 Å². The second-order valence-electron chi connectivity index (χ2n) is 4.40. The minimum atomic E-state index is -0.196. The van der Waals surface area contributed by atoms with Gasteiger partial charge in [0.05, 0.1) is 5.69 Å². The van der Waals surface area contributed by atoms with Crippen LogP contribution in [0.2, 0.25) is 0 Å². The van der Waals surface area contributed by atoms with Gasteiger partial charge in [-0.3, -0.25) is 10.1 Å². The number of nitrogen functional groups attached to an aromatic ring is 1. The second-order valence-corrected chi connectivity index (χ2v) is 5.48. The lowest BCUT2D eigenvalue weighted by molar-refractivity contribution is 0.102. The Hall–Kier alpha value is -1.82. The number of nitrogens with two attached hydrogens (primary N) is 1. The van der Waals surface area contributed by atoms with E-state index >= 15 is 0 Å². The normalized spacial score (nSPS) is 14.2. The summed E-state index contributed by atoms with van der Waals surface area (Å²) in [5, 5.41) is 3.49. The largest absolute Gasteiger partial charge is 0.397 e. The summed E-state index contributed by atoms with van der Waals surface area (Å²) in [6.07, 6.45) is 6.12. The lowest BCUT2D eigenvalue weighted by atomic mass is 10.0. The number of aromatic amines is 1. The molecule has 94 valence electrons. The Bertz CT molecular complexity index is 563. The fourth-order valence-electron chi connectivity index (χ4n) is 2.11. The Labute approximate surface area is 108 Å². The number of carbonyl (C=O) groups excluding carboxylic acids is 1. The van der Waals surface area contributed by atoms with E-state index in [0.29, 0.717) is 16.5 Å². The van der Waals surface area contributed by atoms with E-state index in [4.69, 9.17) is 5.73 Å². The third-order valence-corrected chi connectivity index (χ3v) is 4.09. The highest BCUT2D eigenvalue weighted by Gasteiger charge is 2.17. The van der Waals surface area contributed by atoms with Crippen molar-refractivity contribution in [1.82, 2.24) is 9.97 Å². The van der Waals surface area contributed by atoms with Crippen LogP contribution in [-0.2, 0) is 12.8 Å². The monoisotopic (exact) mass is 262 g/mol. The van der Waals surface area contributed by atoms with Crippen molar-refractivity contribution in [3.63, 3.8) is 0 Å². The van der Waals surface area contributed by atoms with Crippen LogP contribution >= 0.6 is 11.3 Å². The lowest BCUT2D eigenvalue weighted by Gasteiger charge is -2.06. The van der Waals surface area contributed by atoms with Gasteiger partial charge in [-0.1, -0.05) is 0 Å². The summed E-state index contributed by atoms with van der Waals surface area (Å²) in [6, 6.07) is 1.61. The van der Waals surface area contributed by atoms with E-state index in [-0.39, 0.29) is 5.91 Å². The molecule has 0 bridgehead atoms. The topological polar surface area (TPSA) is 83.8 Å². The number of aryl methyl sites for hydroxylation is 2. The number of amides is 1. The first-order valence-electron chi connectivity index (χ1n) is 5.96. The highest BCUT2D eigenvalue weighted by atomic mass is 32.1. The Morgan fingerprint density at radius 3 is 3.00 bits per heavy atom. The van der Waals surface area contributed by atoms with E-state index < -0.39 is 0 Å². The van der Waals surface area contributed by atoms with Crippen LogP contribution in [0.1, 0.15) is 33.9 Å². The maximum Gasteiger partial charge on any atom is 0.273 e. The molecule has 0 radical (unpaired) electrons. The number of carbonyl (C=O) groups is 1. The Kier molecular flexibility index (Phi) is 2.79. The zero-order valence-electron chi connectivity index (χ0n) is 9.82. The highest BCUT2D eigenvalue weighted by molar-refractivity contribution is 7.15. The van der Waals surface area contributed by atoms with Gasteiger partial charge < -0.3 is 10.7 Å². The molecule has 1 aliphatic rings. The van der Waals surface area contributed by atoms with Crippen molar-refractivity contribution < 1.29 is 4.79 Å². The van der Waals surface area contributed by atoms with Crippen molar-refractivity contribution in [3.8, 4) is 0 Å². The first kappa shape index (κ1) is 11.3. The number of H-pyrrole nitrogens is 1. The number of fused-ring (bicyclic) bond motifs is 1. The molecule has 0 aliphatic heterocycles. The molecule has 0 spiro atoms. The molecule has 0 unspecified atom stereocenters. The molecule has 2 heterocycles. The molecule has 1 amide bonds. The third-order valence-electron chi connectivity index (χ3n) is 3.02. The number of anilines is 2. The number of aromatic nitrogens is 2. The number of hydrogen-bond donors (Lipinski definition) is 3. The molecule has 3 rings (SSSR count). The fraction of sp³-hybridized carbons (Fsp3) is 0.333. The van der Waals surface area contributed by atoms with Crippen LogP contribution in [-0.4, -0.2) is 15.9 Å². The average Bonchev–Trinajstić information content (AvgIpc) is 2.94. The average molecular weight is 262 g/mol. The molecule has 5 nitrogen and oxygen atoms in total. The van der Waals surface area contributed by atoms with Crippen LogP contribution in [0.5, 0.6) is 0 Å². The van der Waals surface area contributed by atoms with E-state index in [1.807, 2.05) is 0 Å². The minimum Gasteiger partial charge on any atom is -0.397 e. The number of thiazole rings is 1. The summed E-state index contributed by atoms with van der Waals surface area (Å²) >= 11 is 1.58. The van der Waals surface area contributed by atoms with Gasteiger partial charge in [0.15, 0.2) is 5.13 Å². The molecule has 0 atom stereocenters. The van der Waals surface area contributed by atoms with E-state index in [1.54, 1.807) is 23.6 Å². The third kappa shape index (κ3) is 2.11. The zero-order valence-corrected chi connectivity index (χ0v) is 10.6. The van der Waals surface area contributed by atoms with E-state index in [0.717, 1.165) is 18.5 Å². The molecule has 0 fully saturated rings. The summed E-state index contributed by atoms with van der Waals surface area (Å²) in [5.41, 5.74) is 7.72. The molecular formula is C12H14N4OS. The Morgan fingerprint density at radius 2 is 2.28 bits per heavy atom. The van der Waals surface area contributed by atoms with Crippen LogP contribution < -0.4 is 11.1 Å². The standard InChI is InChI=1S/C12H14N4OS/c13-7-5-9(14-6-7)11(17)16-12-15-8-3-1-2-4-10(8)18-12/h5-6,14H,1-4,13H2,(H,15,16,17). The van der Waals surface area contributed by atoms with Crippen molar-refractivity contribution in [3.05, 3.63) is 28.5 Å². The molecule has 0 saturated heterocycles. The lowest BCUT2D eigenvalue weighted by Crippen LogP contribution is -2.12. The first-order valence-corrected chi connectivity index (χ1v) is 6.78. The molecule has 18 heavy (non-hydrogen) atoms. The van der Waals surface area contributed by atoms with E-state index in [9.17, 15) is 4.79 Å². The van der Waals surface area contributed by atoms with Crippen LogP contribution in [0.3, 0.4) is 0 Å². The Balaban J connectivity index is 1.76. The zero-order chi connectivity index (χ0) is 12.5. The smallest absolute Gasteiger partial charge is 0.273 e. The SMILES string of the molecule is Nc1c[nH]c(C(=O)Nc2nc3c(s2)CCCC3)c1. The van der Waals surface area contributed by atoms with Gasteiger partial charge in [-0.15, -0.1) is 11.3 Å². The quantitative estimate of drug-likeness (QED) is 0.775. The van der Waals surface area contributed by atoms with E-state index in [1.165, 1.54) is 17.7 Å². The second kappa shape index (κ2) is 4.45. The van der Waals surface area contributed by atoms with Crippen molar-refractivity contribution >= 4 is 28.1 Å². The fourth-order valence-corrected chi connectivity index (χ4v) is 3.16. The van der Waals surface area contributed by atoms with Crippen LogP contribution in [0.25, 0.3) is 0 Å². The predicted molar refractivity (Wildman–Crippen MR) is 71.9 cm³/mol. The molecule has 6 heteroatoms. The molecule has 1 aliphatic carbocycles. The molecule has 2 aromatic rings.